The lowest BCUT2D eigenvalue weighted by atomic mass is 10.1. The van der Waals surface area contributed by atoms with Crippen LogP contribution in [0.1, 0.15) is 12.5 Å². The zero-order valence-corrected chi connectivity index (χ0v) is 13.8. The maximum Gasteiger partial charge on any atom is 0.326 e. The minimum atomic E-state index is -1.10. The molecule has 1 amide bonds. The van der Waals surface area contributed by atoms with Gasteiger partial charge >= 0.3 is 5.97 Å². The van der Waals surface area contributed by atoms with Crippen LogP contribution in [0.15, 0.2) is 23.1 Å². The van der Waals surface area contributed by atoms with Crippen LogP contribution in [0, 0.1) is 0 Å². The number of thioether (sulfide) groups is 1. The van der Waals surface area contributed by atoms with Gasteiger partial charge in [0.25, 0.3) is 5.91 Å². The number of hydrogen-bond donors (Lipinski definition) is 1. The summed E-state index contributed by atoms with van der Waals surface area (Å²) >= 11 is 6.22. The first-order chi connectivity index (χ1) is 11.0. The molecule has 1 aromatic carbocycles. The zero-order valence-electron chi connectivity index (χ0n) is 12.1. The molecule has 3 rings (SSSR count). The Bertz CT molecular complexity index is 731. The van der Waals surface area contributed by atoms with E-state index in [1.54, 1.807) is 24.3 Å². The monoisotopic (exact) mass is 351 g/mol. The molecule has 23 heavy (non-hydrogen) atoms. The summed E-state index contributed by atoms with van der Waals surface area (Å²) in [4.78, 5) is 25.0. The Hall–Kier alpha value is -2.06. The minimum Gasteiger partial charge on any atom is -0.486 e. The molecule has 1 saturated heterocycles. The molecule has 2 aliphatic heterocycles. The van der Waals surface area contributed by atoms with Crippen LogP contribution in [0.25, 0.3) is 6.08 Å². The highest BCUT2D eigenvalue weighted by Crippen LogP contribution is 2.36. The number of benzene rings is 1. The summed E-state index contributed by atoms with van der Waals surface area (Å²) in [6.07, 6.45) is 1.67. The lowest BCUT2D eigenvalue weighted by Gasteiger charge is -2.19. The third-order valence-electron chi connectivity index (χ3n) is 3.43. The Morgan fingerprint density at radius 3 is 2.78 bits per heavy atom. The van der Waals surface area contributed by atoms with E-state index in [0.717, 1.165) is 22.2 Å². The lowest BCUT2D eigenvalue weighted by molar-refractivity contribution is -0.144. The third kappa shape index (κ3) is 3.04. The summed E-state index contributed by atoms with van der Waals surface area (Å²) in [5.41, 5.74) is 0.762. The van der Waals surface area contributed by atoms with Crippen LogP contribution in [0.2, 0.25) is 0 Å². The number of carboxylic acid groups (broad SMARTS) is 1. The van der Waals surface area contributed by atoms with Gasteiger partial charge in [-0.25, -0.2) is 4.79 Å². The van der Waals surface area contributed by atoms with E-state index in [4.69, 9.17) is 26.8 Å². The highest BCUT2D eigenvalue weighted by atomic mass is 32.2. The fraction of sp³-hybridized carbons (Fsp3) is 0.267. The minimum absolute atomic E-state index is 0.244. The number of ether oxygens (including phenoxy) is 2. The predicted molar refractivity (Wildman–Crippen MR) is 89.5 cm³/mol. The van der Waals surface area contributed by atoms with Crippen LogP contribution in [-0.4, -0.2) is 45.5 Å². The van der Waals surface area contributed by atoms with Crippen LogP contribution < -0.4 is 9.47 Å². The van der Waals surface area contributed by atoms with Crippen molar-refractivity contribution in [3.05, 3.63) is 28.7 Å². The van der Waals surface area contributed by atoms with Crippen LogP contribution in [0.3, 0.4) is 0 Å². The van der Waals surface area contributed by atoms with E-state index in [0.29, 0.717) is 29.6 Å². The first kappa shape index (κ1) is 15.8. The molecule has 1 N–H and O–H groups in total. The molecule has 1 aromatic rings. The maximum atomic E-state index is 12.4. The summed E-state index contributed by atoms with van der Waals surface area (Å²) in [6.45, 7) is 2.42. The van der Waals surface area contributed by atoms with E-state index in [1.165, 1.54) is 6.92 Å². The van der Waals surface area contributed by atoms with Gasteiger partial charge in [-0.1, -0.05) is 30.0 Å². The molecule has 0 unspecified atom stereocenters. The summed E-state index contributed by atoms with van der Waals surface area (Å²) in [7, 11) is 0. The molecule has 6 nitrogen and oxygen atoms in total. The van der Waals surface area contributed by atoms with Crippen molar-refractivity contribution >= 4 is 46.3 Å². The highest BCUT2D eigenvalue weighted by Gasteiger charge is 2.38. The zero-order chi connectivity index (χ0) is 16.6. The second-order valence-corrected chi connectivity index (χ2v) is 6.64. The first-order valence-electron chi connectivity index (χ1n) is 6.87. The van der Waals surface area contributed by atoms with Crippen molar-refractivity contribution in [2.24, 2.45) is 0 Å². The molecule has 0 radical (unpaired) electrons. The van der Waals surface area contributed by atoms with Crippen LogP contribution >= 0.6 is 24.0 Å². The molecule has 0 aliphatic carbocycles. The molecule has 120 valence electrons. The lowest BCUT2D eigenvalue weighted by Crippen LogP contribution is -2.41. The van der Waals surface area contributed by atoms with Crippen molar-refractivity contribution in [3.8, 4) is 11.5 Å². The Morgan fingerprint density at radius 1 is 1.39 bits per heavy atom. The molecule has 0 saturated carbocycles. The molecule has 0 aromatic heterocycles. The molecule has 0 bridgehead atoms. The summed E-state index contributed by atoms with van der Waals surface area (Å²) in [5.74, 6) is -0.202. The van der Waals surface area contributed by atoms with Crippen LogP contribution in [0.5, 0.6) is 11.5 Å². The Kier molecular flexibility index (Phi) is 4.27. The van der Waals surface area contributed by atoms with Gasteiger partial charge in [-0.2, -0.15) is 0 Å². The number of aliphatic carboxylic acids is 1. The van der Waals surface area contributed by atoms with E-state index in [1.807, 2.05) is 0 Å². The number of thiocarbonyl (C=S) groups is 1. The van der Waals surface area contributed by atoms with Gasteiger partial charge in [0.1, 0.15) is 23.6 Å². The number of fused-ring (bicyclic) bond motifs is 1. The molecule has 8 heteroatoms. The smallest absolute Gasteiger partial charge is 0.326 e. The van der Waals surface area contributed by atoms with E-state index in [2.05, 4.69) is 0 Å². The normalized spacial score (nSPS) is 20.0. The van der Waals surface area contributed by atoms with Gasteiger partial charge in [0.2, 0.25) is 0 Å². The van der Waals surface area contributed by atoms with Crippen LogP contribution in [0.4, 0.5) is 0 Å². The van der Waals surface area contributed by atoms with Gasteiger partial charge in [-0.3, -0.25) is 9.69 Å². The van der Waals surface area contributed by atoms with Crippen molar-refractivity contribution in [1.29, 1.82) is 0 Å². The number of rotatable bonds is 3. The van der Waals surface area contributed by atoms with Crippen molar-refractivity contribution in [2.45, 2.75) is 13.0 Å². The molecule has 2 heterocycles. The van der Waals surface area contributed by atoms with Gasteiger partial charge in [-0.15, -0.1) is 0 Å². The number of carbonyl (C=O) groups excluding carboxylic acids is 1. The Labute approximate surface area is 142 Å². The van der Waals surface area contributed by atoms with Crippen molar-refractivity contribution in [1.82, 2.24) is 4.90 Å². The highest BCUT2D eigenvalue weighted by molar-refractivity contribution is 8.26. The van der Waals surface area contributed by atoms with Crippen molar-refractivity contribution in [2.75, 3.05) is 13.2 Å². The Morgan fingerprint density at radius 2 is 2.09 bits per heavy atom. The van der Waals surface area contributed by atoms with Gasteiger partial charge in [0.15, 0.2) is 11.5 Å². The topological polar surface area (TPSA) is 76.1 Å². The summed E-state index contributed by atoms with van der Waals surface area (Å²) < 4.78 is 11.2. The predicted octanol–water partition coefficient (Wildman–Crippen LogP) is 2.13. The second kappa shape index (κ2) is 6.21. The average molecular weight is 351 g/mol. The summed E-state index contributed by atoms with van der Waals surface area (Å²) in [6, 6.07) is 4.37. The summed E-state index contributed by atoms with van der Waals surface area (Å²) in [5, 5.41) is 9.07. The van der Waals surface area contributed by atoms with E-state index in [-0.39, 0.29) is 4.32 Å². The largest absolute Gasteiger partial charge is 0.486 e. The molecular weight excluding hydrogens is 338 g/mol. The molecule has 1 fully saturated rings. The molecule has 1 atom stereocenters. The number of hydrogen-bond acceptors (Lipinski definition) is 6. The fourth-order valence-electron chi connectivity index (χ4n) is 2.23. The molecular formula is C15H13NO5S2. The van der Waals surface area contributed by atoms with Gasteiger partial charge in [0.05, 0.1) is 4.91 Å². The number of carbonyl (C=O) groups is 2. The average Bonchev–Trinajstić information content (AvgIpc) is 2.80. The standard InChI is InChI=1S/C15H13NO5S2/c1-8(14(18)19)16-13(17)12(23-15(16)22)7-9-2-3-10-11(6-9)21-5-4-20-10/h2-3,6-8H,4-5H2,1H3,(H,18,19)/b12-7-/t8-/m1/s1. The number of carboxylic acids is 1. The van der Waals surface area contributed by atoms with Gasteiger partial charge < -0.3 is 14.6 Å². The van der Waals surface area contributed by atoms with Gasteiger partial charge in [0, 0.05) is 0 Å². The van der Waals surface area contributed by atoms with Crippen molar-refractivity contribution in [3.63, 3.8) is 0 Å². The fourth-order valence-corrected chi connectivity index (χ4v) is 3.64. The van der Waals surface area contributed by atoms with E-state index >= 15 is 0 Å². The molecule has 0 spiro atoms. The number of amides is 1. The van der Waals surface area contributed by atoms with E-state index in [9.17, 15) is 9.59 Å². The Balaban J connectivity index is 1.87. The third-order valence-corrected chi connectivity index (χ3v) is 4.76. The molecule has 2 aliphatic rings. The second-order valence-electron chi connectivity index (χ2n) is 4.97. The quantitative estimate of drug-likeness (QED) is 0.660. The number of nitrogens with zero attached hydrogens (tertiary/aromatic N) is 1. The maximum absolute atomic E-state index is 12.4. The first-order valence-corrected chi connectivity index (χ1v) is 8.09. The van der Waals surface area contributed by atoms with Crippen molar-refractivity contribution < 1.29 is 24.2 Å². The SMILES string of the molecule is C[C@H](C(=O)O)N1C(=O)/C(=C/c2ccc3c(c2)OCCO3)SC1=S. The van der Waals surface area contributed by atoms with Crippen LogP contribution in [-0.2, 0) is 9.59 Å². The van der Waals surface area contributed by atoms with E-state index < -0.39 is 17.9 Å². The van der Waals surface area contributed by atoms with Gasteiger partial charge in [-0.05, 0) is 30.7 Å².